The lowest BCUT2D eigenvalue weighted by Crippen LogP contribution is -2.14. The summed E-state index contributed by atoms with van der Waals surface area (Å²) in [6, 6.07) is 29.7. The van der Waals surface area contributed by atoms with Gasteiger partial charge in [-0.25, -0.2) is 9.59 Å². The van der Waals surface area contributed by atoms with Crippen molar-refractivity contribution in [3.63, 3.8) is 0 Å². The Labute approximate surface area is 174 Å². The van der Waals surface area contributed by atoms with Crippen LogP contribution in [0.1, 0.15) is 31.8 Å². The molecule has 0 amide bonds. The number of hydrogen-bond donors (Lipinski definition) is 0. The molecule has 0 fully saturated rings. The zero-order chi connectivity index (χ0) is 20.8. The molecule has 0 aliphatic rings. The summed E-state index contributed by atoms with van der Waals surface area (Å²) < 4.78 is 10.9. The standard InChI is InChI=1S/C26H20O4/c27-25(29-17-19-9-3-1-4-10-19)23-15-21-13-7-8-14-22(21)16-24(23)26(28)30-18-20-11-5-2-6-12-20/h1-16H,17-18H2. The van der Waals surface area contributed by atoms with Crippen molar-refractivity contribution in [1.29, 1.82) is 0 Å². The SMILES string of the molecule is O=C(OCc1ccccc1)c1cc2ccccc2cc1C(=O)OCc1ccccc1. The van der Waals surface area contributed by atoms with Gasteiger partial charge in [0, 0.05) is 0 Å². The Kier molecular flexibility index (Phi) is 5.85. The highest BCUT2D eigenvalue weighted by Gasteiger charge is 2.21. The number of fused-ring (bicyclic) bond motifs is 1. The van der Waals surface area contributed by atoms with Crippen LogP contribution in [-0.4, -0.2) is 11.9 Å². The second-order valence-electron chi connectivity index (χ2n) is 6.87. The highest BCUT2D eigenvalue weighted by atomic mass is 16.5. The van der Waals surface area contributed by atoms with E-state index in [-0.39, 0.29) is 24.3 Å². The molecule has 0 N–H and O–H groups in total. The molecule has 4 aromatic rings. The van der Waals surface area contributed by atoms with Gasteiger partial charge in [-0.1, -0.05) is 84.9 Å². The van der Waals surface area contributed by atoms with Gasteiger partial charge in [0.1, 0.15) is 13.2 Å². The molecule has 0 aliphatic carbocycles. The van der Waals surface area contributed by atoms with Gasteiger partial charge in [-0.2, -0.15) is 0 Å². The van der Waals surface area contributed by atoms with E-state index in [0.29, 0.717) is 0 Å². The molecule has 148 valence electrons. The number of benzene rings is 4. The number of carbonyl (C=O) groups excluding carboxylic acids is 2. The fraction of sp³-hybridized carbons (Fsp3) is 0.0769. The summed E-state index contributed by atoms with van der Waals surface area (Å²) in [6.07, 6.45) is 0. The molecule has 0 bridgehead atoms. The second-order valence-corrected chi connectivity index (χ2v) is 6.87. The van der Waals surface area contributed by atoms with Crippen LogP contribution in [-0.2, 0) is 22.7 Å². The van der Waals surface area contributed by atoms with Gasteiger partial charge in [0.15, 0.2) is 0 Å². The molecule has 0 aromatic heterocycles. The molecule has 0 saturated heterocycles. The summed E-state index contributed by atoms with van der Waals surface area (Å²) >= 11 is 0. The number of rotatable bonds is 6. The molecule has 4 heteroatoms. The molecule has 30 heavy (non-hydrogen) atoms. The third-order valence-corrected chi connectivity index (χ3v) is 4.75. The Morgan fingerprint density at radius 3 is 1.30 bits per heavy atom. The van der Waals surface area contributed by atoms with Gasteiger partial charge in [-0.15, -0.1) is 0 Å². The van der Waals surface area contributed by atoms with Gasteiger partial charge in [0.25, 0.3) is 0 Å². The van der Waals surface area contributed by atoms with Crippen LogP contribution in [0.5, 0.6) is 0 Å². The highest BCUT2D eigenvalue weighted by molar-refractivity contribution is 6.07. The first-order valence-corrected chi connectivity index (χ1v) is 9.65. The Bertz CT molecular complexity index is 1070. The minimum atomic E-state index is -0.559. The minimum absolute atomic E-state index is 0.130. The fourth-order valence-electron chi connectivity index (χ4n) is 3.18. The van der Waals surface area contributed by atoms with Gasteiger partial charge in [-0.05, 0) is 34.0 Å². The van der Waals surface area contributed by atoms with E-state index in [2.05, 4.69) is 0 Å². The summed E-state index contributed by atoms with van der Waals surface area (Å²) in [4.78, 5) is 25.7. The van der Waals surface area contributed by atoms with E-state index in [1.165, 1.54) is 0 Å². The zero-order valence-electron chi connectivity index (χ0n) is 16.3. The van der Waals surface area contributed by atoms with Crippen LogP contribution in [0.2, 0.25) is 0 Å². The van der Waals surface area contributed by atoms with Crippen LogP contribution in [0.25, 0.3) is 10.8 Å². The third kappa shape index (κ3) is 4.55. The predicted molar refractivity (Wildman–Crippen MR) is 115 cm³/mol. The summed E-state index contributed by atoms with van der Waals surface area (Å²) in [5.74, 6) is -1.12. The highest BCUT2D eigenvalue weighted by Crippen LogP contribution is 2.23. The van der Waals surface area contributed by atoms with E-state index in [1.54, 1.807) is 12.1 Å². The first-order chi connectivity index (χ1) is 14.7. The zero-order valence-corrected chi connectivity index (χ0v) is 16.3. The van der Waals surface area contributed by atoms with Crippen molar-refractivity contribution in [3.05, 3.63) is 119 Å². The van der Waals surface area contributed by atoms with E-state index in [1.807, 2.05) is 84.9 Å². The number of ether oxygens (including phenoxy) is 2. The molecule has 0 saturated carbocycles. The van der Waals surface area contributed by atoms with Crippen LogP contribution >= 0.6 is 0 Å². The lowest BCUT2D eigenvalue weighted by atomic mass is 10.0. The molecule has 0 atom stereocenters. The maximum absolute atomic E-state index is 12.8. The average molecular weight is 396 g/mol. The number of hydrogen-bond acceptors (Lipinski definition) is 4. The summed E-state index contributed by atoms with van der Waals surface area (Å²) in [6.45, 7) is 0.260. The van der Waals surface area contributed by atoms with E-state index >= 15 is 0 Å². The Morgan fingerprint density at radius 1 is 0.533 bits per heavy atom. The van der Waals surface area contributed by atoms with Crippen LogP contribution in [0, 0.1) is 0 Å². The van der Waals surface area contributed by atoms with Crippen molar-refractivity contribution in [2.24, 2.45) is 0 Å². The molecule has 4 rings (SSSR count). The van der Waals surface area contributed by atoms with Crippen LogP contribution in [0.15, 0.2) is 97.1 Å². The lowest BCUT2D eigenvalue weighted by Gasteiger charge is -2.12. The van der Waals surface area contributed by atoms with Crippen molar-refractivity contribution in [2.45, 2.75) is 13.2 Å². The van der Waals surface area contributed by atoms with E-state index in [0.717, 1.165) is 21.9 Å². The van der Waals surface area contributed by atoms with Gasteiger partial charge < -0.3 is 9.47 Å². The van der Waals surface area contributed by atoms with Crippen LogP contribution in [0.3, 0.4) is 0 Å². The van der Waals surface area contributed by atoms with Crippen molar-refractivity contribution >= 4 is 22.7 Å². The summed E-state index contributed by atoms with van der Waals surface area (Å²) in [7, 11) is 0. The minimum Gasteiger partial charge on any atom is -0.457 e. The van der Waals surface area contributed by atoms with Crippen LogP contribution in [0.4, 0.5) is 0 Å². The molecule has 0 radical (unpaired) electrons. The lowest BCUT2D eigenvalue weighted by molar-refractivity contribution is 0.0425. The van der Waals surface area contributed by atoms with Gasteiger partial charge in [0.2, 0.25) is 0 Å². The molecule has 0 spiro atoms. The Balaban J connectivity index is 1.59. The van der Waals surface area contributed by atoms with Gasteiger partial charge >= 0.3 is 11.9 Å². The molecule has 4 nitrogen and oxygen atoms in total. The topological polar surface area (TPSA) is 52.6 Å². The fourth-order valence-corrected chi connectivity index (χ4v) is 3.18. The normalized spacial score (nSPS) is 10.5. The Hall–Kier alpha value is -3.92. The maximum atomic E-state index is 12.8. The quantitative estimate of drug-likeness (QED) is 0.401. The largest absolute Gasteiger partial charge is 0.457 e. The van der Waals surface area contributed by atoms with Crippen molar-refractivity contribution in [2.75, 3.05) is 0 Å². The molecule has 0 unspecified atom stereocenters. The second kappa shape index (κ2) is 9.05. The molecule has 0 heterocycles. The average Bonchev–Trinajstić information content (AvgIpc) is 2.81. The summed E-state index contributed by atoms with van der Waals surface area (Å²) in [5.41, 5.74) is 2.14. The van der Waals surface area contributed by atoms with E-state index in [9.17, 15) is 9.59 Å². The molecule has 0 aliphatic heterocycles. The number of esters is 2. The van der Waals surface area contributed by atoms with E-state index in [4.69, 9.17) is 9.47 Å². The van der Waals surface area contributed by atoms with E-state index < -0.39 is 11.9 Å². The molecule has 4 aromatic carbocycles. The summed E-state index contributed by atoms with van der Waals surface area (Å²) in [5, 5.41) is 1.70. The monoisotopic (exact) mass is 396 g/mol. The predicted octanol–water partition coefficient (Wildman–Crippen LogP) is 5.55. The third-order valence-electron chi connectivity index (χ3n) is 4.75. The number of carbonyl (C=O) groups is 2. The molecular weight excluding hydrogens is 376 g/mol. The van der Waals surface area contributed by atoms with Gasteiger partial charge in [-0.3, -0.25) is 0 Å². The smallest absolute Gasteiger partial charge is 0.339 e. The van der Waals surface area contributed by atoms with Crippen molar-refractivity contribution in [3.8, 4) is 0 Å². The molecular formula is C26H20O4. The Morgan fingerprint density at radius 2 is 0.900 bits per heavy atom. The van der Waals surface area contributed by atoms with Gasteiger partial charge in [0.05, 0.1) is 11.1 Å². The maximum Gasteiger partial charge on any atom is 0.339 e. The van der Waals surface area contributed by atoms with Crippen LogP contribution < -0.4 is 0 Å². The van der Waals surface area contributed by atoms with Crippen molar-refractivity contribution in [1.82, 2.24) is 0 Å². The first kappa shape index (κ1) is 19.4. The first-order valence-electron chi connectivity index (χ1n) is 9.65. The van der Waals surface area contributed by atoms with Crippen molar-refractivity contribution < 1.29 is 19.1 Å².